The van der Waals surface area contributed by atoms with Crippen molar-refractivity contribution in [1.29, 1.82) is 0 Å². The van der Waals surface area contributed by atoms with Crippen LogP contribution in [-0.2, 0) is 27.5 Å². The molecule has 0 saturated carbocycles. The van der Waals surface area contributed by atoms with Crippen LogP contribution in [-0.4, -0.2) is 18.1 Å². The highest BCUT2D eigenvalue weighted by Crippen LogP contribution is 2.23. The third-order valence-corrected chi connectivity index (χ3v) is 4.64. The Bertz CT molecular complexity index is 881. The van der Waals surface area contributed by atoms with Gasteiger partial charge in [0.05, 0.1) is 18.9 Å². The molecule has 1 aliphatic rings. The van der Waals surface area contributed by atoms with Crippen LogP contribution in [0.25, 0.3) is 0 Å². The third-order valence-electron chi connectivity index (χ3n) is 4.64. The Kier molecular flexibility index (Phi) is 6.12. The van der Waals surface area contributed by atoms with Gasteiger partial charge in [-0.2, -0.15) is 0 Å². The van der Waals surface area contributed by atoms with E-state index < -0.39 is 6.29 Å². The van der Waals surface area contributed by atoms with Crippen LogP contribution in [0.15, 0.2) is 96.2 Å². The summed E-state index contributed by atoms with van der Waals surface area (Å²) in [5.74, 6) is 0. The Labute approximate surface area is 165 Å². The minimum Gasteiger partial charge on any atom is -0.367 e. The molecule has 0 saturated heterocycles. The first-order chi connectivity index (χ1) is 13.9. The zero-order valence-electron chi connectivity index (χ0n) is 15.6. The maximum Gasteiger partial charge on any atom is 0.254 e. The van der Waals surface area contributed by atoms with Crippen LogP contribution in [0.2, 0.25) is 0 Å². The van der Waals surface area contributed by atoms with Gasteiger partial charge in [-0.05, 0) is 16.7 Å². The van der Waals surface area contributed by atoms with E-state index in [2.05, 4.69) is 17.3 Å². The summed E-state index contributed by atoms with van der Waals surface area (Å²) >= 11 is 0. The predicted molar refractivity (Wildman–Crippen MR) is 109 cm³/mol. The van der Waals surface area contributed by atoms with Gasteiger partial charge < -0.3 is 14.3 Å². The molecule has 4 heteroatoms. The minimum atomic E-state index is -0.545. The monoisotopic (exact) mass is 373 g/mol. The van der Waals surface area contributed by atoms with Crippen molar-refractivity contribution in [3.8, 4) is 0 Å². The maximum atomic E-state index is 6.19. The lowest BCUT2D eigenvalue weighted by molar-refractivity contribution is -0.220. The predicted octanol–water partition coefficient (Wildman–Crippen LogP) is 4.94. The molecule has 1 aliphatic heterocycles. The molecule has 1 heterocycles. The summed E-state index contributed by atoms with van der Waals surface area (Å²) < 4.78 is 12.2. The molecule has 0 unspecified atom stereocenters. The molecular weight excluding hydrogens is 350 g/mol. The highest BCUT2D eigenvalue weighted by atomic mass is 16.8. The smallest absolute Gasteiger partial charge is 0.254 e. The number of rotatable bonds is 7. The number of nitrogens with zero attached hydrogens (tertiary/aromatic N) is 1. The molecular formula is C24H23NO3. The van der Waals surface area contributed by atoms with E-state index in [1.807, 2.05) is 78.9 Å². The van der Waals surface area contributed by atoms with Gasteiger partial charge in [-0.1, -0.05) is 96.2 Å². The van der Waals surface area contributed by atoms with Crippen LogP contribution in [0.3, 0.4) is 0 Å². The van der Waals surface area contributed by atoms with Crippen molar-refractivity contribution in [2.24, 2.45) is 5.16 Å². The van der Waals surface area contributed by atoms with Crippen LogP contribution in [0, 0.1) is 0 Å². The Morgan fingerprint density at radius 1 is 0.714 bits per heavy atom. The summed E-state index contributed by atoms with van der Waals surface area (Å²) in [6, 6.07) is 30.2. The Balaban J connectivity index is 1.46. The molecule has 0 N–H and O–H groups in total. The van der Waals surface area contributed by atoms with E-state index in [1.54, 1.807) is 0 Å². The molecule has 0 bridgehead atoms. The summed E-state index contributed by atoms with van der Waals surface area (Å²) in [6.07, 6.45) is -0.149. The van der Waals surface area contributed by atoms with Crippen molar-refractivity contribution >= 4 is 5.71 Å². The summed E-state index contributed by atoms with van der Waals surface area (Å²) in [7, 11) is 0. The van der Waals surface area contributed by atoms with Crippen LogP contribution >= 0.6 is 0 Å². The summed E-state index contributed by atoms with van der Waals surface area (Å²) in [4.78, 5) is 5.71. The number of benzene rings is 3. The summed E-state index contributed by atoms with van der Waals surface area (Å²) in [5, 5.41) is 4.31. The van der Waals surface area contributed by atoms with Crippen LogP contribution < -0.4 is 0 Å². The average molecular weight is 373 g/mol. The maximum absolute atomic E-state index is 6.19. The van der Waals surface area contributed by atoms with Gasteiger partial charge in [0, 0.05) is 6.42 Å². The van der Waals surface area contributed by atoms with Crippen molar-refractivity contribution in [2.45, 2.75) is 32.0 Å². The van der Waals surface area contributed by atoms with Crippen molar-refractivity contribution in [1.82, 2.24) is 0 Å². The topological polar surface area (TPSA) is 40.0 Å². The fraction of sp³-hybridized carbons (Fsp3) is 0.208. The molecule has 3 aromatic rings. The minimum absolute atomic E-state index is 0.239. The third kappa shape index (κ3) is 4.85. The second-order valence-electron chi connectivity index (χ2n) is 6.71. The van der Waals surface area contributed by atoms with Gasteiger partial charge in [0.2, 0.25) is 0 Å². The lowest BCUT2D eigenvalue weighted by Gasteiger charge is -2.30. The van der Waals surface area contributed by atoms with Gasteiger partial charge in [0.25, 0.3) is 6.29 Å². The molecule has 0 amide bonds. The molecule has 4 rings (SSSR count). The summed E-state index contributed by atoms with van der Waals surface area (Å²) in [5.41, 5.74) is 4.12. The highest BCUT2D eigenvalue weighted by Gasteiger charge is 2.31. The van der Waals surface area contributed by atoms with Crippen LogP contribution in [0.5, 0.6) is 0 Å². The normalized spacial score (nSPS) is 18.9. The Morgan fingerprint density at radius 2 is 1.25 bits per heavy atom. The molecule has 3 aromatic carbocycles. The fourth-order valence-electron chi connectivity index (χ4n) is 3.11. The first-order valence-electron chi connectivity index (χ1n) is 9.47. The van der Waals surface area contributed by atoms with E-state index in [0.29, 0.717) is 19.6 Å². The largest absolute Gasteiger partial charge is 0.367 e. The molecule has 0 aliphatic carbocycles. The lowest BCUT2D eigenvalue weighted by Crippen LogP contribution is -2.38. The van der Waals surface area contributed by atoms with Gasteiger partial charge in [-0.25, -0.2) is 0 Å². The molecule has 0 spiro atoms. The Morgan fingerprint density at radius 3 is 1.86 bits per heavy atom. The molecule has 28 heavy (non-hydrogen) atoms. The van der Waals surface area contributed by atoms with Crippen LogP contribution in [0.1, 0.15) is 23.1 Å². The van der Waals surface area contributed by atoms with Gasteiger partial charge >= 0.3 is 0 Å². The van der Waals surface area contributed by atoms with Crippen molar-refractivity contribution in [3.63, 3.8) is 0 Å². The quantitative estimate of drug-likeness (QED) is 0.589. The van der Waals surface area contributed by atoms with E-state index >= 15 is 0 Å². The average Bonchev–Trinajstić information content (AvgIpc) is 2.78. The van der Waals surface area contributed by atoms with E-state index in [0.717, 1.165) is 22.4 Å². The Hall–Kier alpha value is -2.95. The first-order valence-corrected chi connectivity index (χ1v) is 9.47. The van der Waals surface area contributed by atoms with Gasteiger partial charge in [-0.15, -0.1) is 0 Å². The fourth-order valence-corrected chi connectivity index (χ4v) is 3.11. The molecule has 4 nitrogen and oxygen atoms in total. The zero-order chi connectivity index (χ0) is 19.0. The number of hydrogen-bond donors (Lipinski definition) is 0. The lowest BCUT2D eigenvalue weighted by atomic mass is 10.0. The van der Waals surface area contributed by atoms with E-state index in [-0.39, 0.29) is 6.10 Å². The molecule has 0 aromatic heterocycles. The van der Waals surface area contributed by atoms with E-state index in [9.17, 15) is 0 Å². The second-order valence-corrected chi connectivity index (χ2v) is 6.71. The van der Waals surface area contributed by atoms with Gasteiger partial charge in [0.1, 0.15) is 6.10 Å². The van der Waals surface area contributed by atoms with Crippen LogP contribution in [0.4, 0.5) is 0 Å². The zero-order valence-corrected chi connectivity index (χ0v) is 15.6. The molecule has 142 valence electrons. The second kappa shape index (κ2) is 9.31. The van der Waals surface area contributed by atoms with E-state index in [4.69, 9.17) is 14.3 Å². The standard InChI is InChI=1S/C24H23NO3/c1-4-10-19(11-5-1)17-26-23-16-22(21-14-8-3-9-15-21)25-28-24(23)27-18-20-12-6-2-7-13-20/h1-15,23-24H,16-18H2/t23-,24-/m0/s1. The molecule has 0 fully saturated rings. The van der Waals surface area contributed by atoms with Gasteiger partial charge in [0.15, 0.2) is 0 Å². The van der Waals surface area contributed by atoms with Crippen molar-refractivity contribution in [3.05, 3.63) is 108 Å². The summed E-state index contributed by atoms with van der Waals surface area (Å²) in [6.45, 7) is 0.953. The highest BCUT2D eigenvalue weighted by molar-refractivity contribution is 6.00. The molecule has 0 radical (unpaired) electrons. The SMILES string of the molecule is c1ccc(CO[C@H]2ON=C(c3ccccc3)C[C@@H]2OCc2ccccc2)cc1. The van der Waals surface area contributed by atoms with Crippen molar-refractivity contribution < 1.29 is 14.3 Å². The van der Waals surface area contributed by atoms with Crippen molar-refractivity contribution in [2.75, 3.05) is 0 Å². The number of ether oxygens (including phenoxy) is 2. The van der Waals surface area contributed by atoms with Gasteiger partial charge in [-0.3, -0.25) is 0 Å². The number of hydrogen-bond acceptors (Lipinski definition) is 4. The first kappa shape index (κ1) is 18.4. The number of oxime groups is 1. The molecule has 2 atom stereocenters. The van der Waals surface area contributed by atoms with E-state index in [1.165, 1.54) is 0 Å².